The highest BCUT2D eigenvalue weighted by Crippen LogP contribution is 2.19. The smallest absolute Gasteiger partial charge is 0.0954 e. The average molecular weight is 268 g/mol. The van der Waals surface area contributed by atoms with Crippen molar-refractivity contribution < 1.29 is 10.2 Å². The number of allylic oxidation sites excluding steroid dienone is 2. The Kier molecular flexibility index (Phi) is 4.26. The maximum Gasteiger partial charge on any atom is 0.0954 e. The zero-order chi connectivity index (χ0) is 14.6. The molecule has 2 aromatic carbocycles. The number of aliphatic hydroxyl groups excluding tert-OH is 1. The first-order chi connectivity index (χ1) is 9.46. The highest BCUT2D eigenvalue weighted by atomic mass is 16.3. The van der Waals surface area contributed by atoms with E-state index in [0.717, 1.165) is 0 Å². The third kappa shape index (κ3) is 3.97. The number of hydrogen-bond donors (Lipinski definition) is 2. The minimum Gasteiger partial charge on any atom is -0.512 e. The lowest BCUT2D eigenvalue weighted by atomic mass is 9.97. The van der Waals surface area contributed by atoms with Crippen LogP contribution in [0.5, 0.6) is 0 Å². The van der Waals surface area contributed by atoms with Crippen LogP contribution in [0.1, 0.15) is 18.9 Å². The molecule has 0 aromatic heterocycles. The third-order valence-electron chi connectivity index (χ3n) is 3.19. The van der Waals surface area contributed by atoms with Gasteiger partial charge in [-0.1, -0.05) is 60.2 Å². The highest BCUT2D eigenvalue weighted by molar-refractivity contribution is 5.82. The van der Waals surface area contributed by atoms with E-state index in [4.69, 9.17) is 5.11 Å². The molecule has 0 radical (unpaired) electrons. The van der Waals surface area contributed by atoms with Crippen molar-refractivity contribution in [2.75, 3.05) is 0 Å². The van der Waals surface area contributed by atoms with E-state index in [1.54, 1.807) is 25.2 Å². The van der Waals surface area contributed by atoms with Crippen LogP contribution in [0.4, 0.5) is 0 Å². The Morgan fingerprint density at radius 1 is 1.05 bits per heavy atom. The third-order valence-corrected chi connectivity index (χ3v) is 3.19. The van der Waals surface area contributed by atoms with Crippen molar-refractivity contribution in [3.63, 3.8) is 0 Å². The average Bonchev–Trinajstić information content (AvgIpc) is 2.37. The molecule has 2 aromatic rings. The van der Waals surface area contributed by atoms with Gasteiger partial charge in [-0.2, -0.15) is 0 Å². The van der Waals surface area contributed by atoms with Gasteiger partial charge in [-0.25, -0.2) is 0 Å². The molecule has 0 heterocycles. The van der Waals surface area contributed by atoms with Crippen molar-refractivity contribution in [2.24, 2.45) is 0 Å². The van der Waals surface area contributed by atoms with Crippen LogP contribution in [0.25, 0.3) is 10.8 Å². The van der Waals surface area contributed by atoms with Crippen LogP contribution in [0.3, 0.4) is 0 Å². The van der Waals surface area contributed by atoms with Crippen LogP contribution in [-0.2, 0) is 0 Å². The van der Waals surface area contributed by atoms with Crippen molar-refractivity contribution in [1.29, 1.82) is 0 Å². The summed E-state index contributed by atoms with van der Waals surface area (Å²) in [5.74, 6) is 0.238. The van der Waals surface area contributed by atoms with Gasteiger partial charge in [0.1, 0.15) is 0 Å². The van der Waals surface area contributed by atoms with Gasteiger partial charge < -0.3 is 10.2 Å². The zero-order valence-corrected chi connectivity index (χ0v) is 11.9. The predicted octanol–water partition coefficient (Wildman–Crippen LogP) is 4.29. The van der Waals surface area contributed by atoms with Crippen LogP contribution in [0, 0.1) is 6.92 Å². The van der Waals surface area contributed by atoms with Gasteiger partial charge in [-0.15, -0.1) is 0 Å². The molecule has 0 saturated heterocycles. The van der Waals surface area contributed by atoms with E-state index in [0.29, 0.717) is 6.42 Å². The standard InChI is InChI=1S/C11H10.C7H10O2/c1-9-6-7-10-4-2-3-5-11(10)8-9;1-7(9)4-2-3-6(8)5-7/h2-8H,1H3;2-4,8-9H,5H2,1H3. The second kappa shape index (κ2) is 5.93. The first kappa shape index (κ1) is 14.4. The van der Waals surface area contributed by atoms with Crippen molar-refractivity contribution in [1.82, 2.24) is 0 Å². The summed E-state index contributed by atoms with van der Waals surface area (Å²) in [6.45, 7) is 3.78. The Labute approximate surface area is 119 Å². The highest BCUT2D eigenvalue weighted by Gasteiger charge is 2.19. The molecular weight excluding hydrogens is 248 g/mol. The van der Waals surface area contributed by atoms with Gasteiger partial charge >= 0.3 is 0 Å². The fourth-order valence-electron chi connectivity index (χ4n) is 2.16. The Hall–Kier alpha value is -2.06. The minimum atomic E-state index is -0.848. The molecule has 0 amide bonds. The Bertz CT molecular complexity index is 651. The summed E-state index contributed by atoms with van der Waals surface area (Å²) in [5.41, 5.74) is 0.474. The maximum atomic E-state index is 9.26. The van der Waals surface area contributed by atoms with Gasteiger partial charge in [0, 0.05) is 6.42 Å². The van der Waals surface area contributed by atoms with Gasteiger partial charge in [-0.05, 0) is 30.7 Å². The second-order valence-corrected chi connectivity index (χ2v) is 5.40. The van der Waals surface area contributed by atoms with E-state index >= 15 is 0 Å². The summed E-state index contributed by atoms with van der Waals surface area (Å²) in [7, 11) is 0. The molecule has 2 nitrogen and oxygen atoms in total. The Morgan fingerprint density at radius 2 is 1.75 bits per heavy atom. The number of fused-ring (bicyclic) bond motifs is 1. The summed E-state index contributed by atoms with van der Waals surface area (Å²) < 4.78 is 0. The number of rotatable bonds is 0. The monoisotopic (exact) mass is 268 g/mol. The number of hydrogen-bond acceptors (Lipinski definition) is 2. The van der Waals surface area contributed by atoms with E-state index in [-0.39, 0.29) is 5.76 Å². The number of aryl methyl sites for hydroxylation is 1. The fourth-order valence-corrected chi connectivity index (χ4v) is 2.16. The van der Waals surface area contributed by atoms with Crippen LogP contribution >= 0.6 is 0 Å². The topological polar surface area (TPSA) is 40.5 Å². The van der Waals surface area contributed by atoms with Crippen molar-refractivity contribution in [3.8, 4) is 0 Å². The van der Waals surface area contributed by atoms with Crippen molar-refractivity contribution >= 4 is 10.8 Å². The fraction of sp³-hybridized carbons (Fsp3) is 0.222. The molecule has 0 aliphatic heterocycles. The van der Waals surface area contributed by atoms with E-state index in [1.165, 1.54) is 16.3 Å². The van der Waals surface area contributed by atoms with Crippen molar-refractivity contribution in [2.45, 2.75) is 25.9 Å². The van der Waals surface area contributed by atoms with Crippen LogP contribution in [0.2, 0.25) is 0 Å². The van der Waals surface area contributed by atoms with E-state index < -0.39 is 5.60 Å². The normalized spacial score (nSPS) is 21.1. The molecule has 3 rings (SSSR count). The zero-order valence-electron chi connectivity index (χ0n) is 11.9. The van der Waals surface area contributed by atoms with Gasteiger partial charge in [0.15, 0.2) is 0 Å². The summed E-state index contributed by atoms with van der Waals surface area (Å²) in [6.07, 6.45) is 5.22. The summed E-state index contributed by atoms with van der Waals surface area (Å²) in [4.78, 5) is 0. The molecule has 20 heavy (non-hydrogen) atoms. The Morgan fingerprint density at radius 3 is 2.35 bits per heavy atom. The van der Waals surface area contributed by atoms with Gasteiger partial charge in [-0.3, -0.25) is 0 Å². The molecule has 1 aliphatic rings. The quantitative estimate of drug-likeness (QED) is 0.748. The van der Waals surface area contributed by atoms with Crippen LogP contribution in [0.15, 0.2) is 66.5 Å². The van der Waals surface area contributed by atoms with Crippen molar-refractivity contribution in [3.05, 3.63) is 72.0 Å². The van der Waals surface area contributed by atoms with E-state index in [1.807, 2.05) is 0 Å². The van der Waals surface area contributed by atoms with Gasteiger partial charge in [0.05, 0.1) is 11.4 Å². The molecule has 1 atom stereocenters. The largest absolute Gasteiger partial charge is 0.512 e. The molecule has 0 bridgehead atoms. The van der Waals surface area contributed by atoms with Gasteiger partial charge in [0.2, 0.25) is 0 Å². The number of aliphatic hydroxyl groups is 2. The first-order valence-corrected chi connectivity index (χ1v) is 6.71. The molecule has 2 N–H and O–H groups in total. The summed E-state index contributed by atoms with van der Waals surface area (Å²) in [5, 5.41) is 20.8. The van der Waals surface area contributed by atoms with Crippen LogP contribution in [-0.4, -0.2) is 15.8 Å². The van der Waals surface area contributed by atoms with Crippen LogP contribution < -0.4 is 0 Å². The predicted molar refractivity (Wildman–Crippen MR) is 83.8 cm³/mol. The lowest BCUT2D eigenvalue weighted by Crippen LogP contribution is -2.22. The lowest BCUT2D eigenvalue weighted by Gasteiger charge is -2.20. The van der Waals surface area contributed by atoms with Gasteiger partial charge in [0.25, 0.3) is 0 Å². The SMILES string of the molecule is CC1(O)C=CC=C(O)C1.Cc1ccc2ccccc2c1. The first-order valence-electron chi connectivity index (χ1n) is 6.71. The molecule has 0 saturated carbocycles. The minimum absolute atomic E-state index is 0.238. The Balaban J connectivity index is 0.000000151. The lowest BCUT2D eigenvalue weighted by molar-refractivity contribution is 0.0966. The molecule has 2 heteroatoms. The number of benzene rings is 2. The molecule has 1 unspecified atom stereocenters. The van der Waals surface area contributed by atoms with E-state index in [2.05, 4.69) is 49.4 Å². The molecule has 0 spiro atoms. The molecule has 0 fully saturated rings. The van der Waals surface area contributed by atoms with E-state index in [9.17, 15) is 5.11 Å². The summed E-state index contributed by atoms with van der Waals surface area (Å²) in [6, 6.07) is 14.9. The molecule has 104 valence electrons. The molecular formula is C18H20O2. The maximum absolute atomic E-state index is 9.26. The summed E-state index contributed by atoms with van der Waals surface area (Å²) >= 11 is 0. The second-order valence-electron chi connectivity index (χ2n) is 5.40. The molecule has 1 aliphatic carbocycles.